The predicted molar refractivity (Wildman–Crippen MR) is 153 cm³/mol. The van der Waals surface area contributed by atoms with E-state index >= 15 is 0 Å². The van der Waals surface area contributed by atoms with Gasteiger partial charge in [0.2, 0.25) is 0 Å². The van der Waals surface area contributed by atoms with Crippen LogP contribution in [0.3, 0.4) is 0 Å². The summed E-state index contributed by atoms with van der Waals surface area (Å²) < 4.78 is 6.64. The molecule has 0 bridgehead atoms. The zero-order valence-corrected chi connectivity index (χ0v) is 22.0. The highest BCUT2D eigenvalue weighted by molar-refractivity contribution is 6.34. The normalized spacial score (nSPS) is 15.9. The van der Waals surface area contributed by atoms with Gasteiger partial charge in [-0.15, -0.1) is 0 Å². The summed E-state index contributed by atoms with van der Waals surface area (Å²) in [7, 11) is 0. The highest BCUT2D eigenvalue weighted by Crippen LogP contribution is 2.41. The van der Waals surface area contributed by atoms with Crippen molar-refractivity contribution < 1.29 is 4.74 Å². The van der Waals surface area contributed by atoms with Gasteiger partial charge in [0.1, 0.15) is 5.75 Å². The van der Waals surface area contributed by atoms with E-state index in [1.807, 2.05) is 18.5 Å². The molecule has 3 aromatic carbocycles. The van der Waals surface area contributed by atoms with E-state index in [0.29, 0.717) is 17.7 Å². The first-order chi connectivity index (χ1) is 18.0. The number of piperidine rings is 1. The highest BCUT2D eigenvalue weighted by Gasteiger charge is 2.18. The lowest BCUT2D eigenvalue weighted by Crippen LogP contribution is -2.35. The average molecular weight is 511 g/mol. The van der Waals surface area contributed by atoms with Crippen LogP contribution in [0.4, 0.5) is 0 Å². The summed E-state index contributed by atoms with van der Waals surface area (Å²) in [5, 5.41) is 13.6. The minimum absolute atomic E-state index is 0.512. The Bertz CT molecular complexity index is 1570. The van der Waals surface area contributed by atoms with Crippen LogP contribution in [0.5, 0.6) is 5.75 Å². The number of rotatable bonds is 6. The lowest BCUT2D eigenvalue weighted by Gasteiger charge is -2.24. The Hall–Kier alpha value is -3.41. The third kappa shape index (κ3) is 4.94. The Morgan fingerprint density at radius 1 is 0.946 bits per heavy atom. The van der Waals surface area contributed by atoms with Gasteiger partial charge in [0.05, 0.1) is 28.9 Å². The van der Waals surface area contributed by atoms with Gasteiger partial charge in [0.15, 0.2) is 0 Å². The number of nitrogens with zero attached hydrogens (tertiary/aromatic N) is 2. The van der Waals surface area contributed by atoms with Gasteiger partial charge in [0, 0.05) is 34.1 Å². The van der Waals surface area contributed by atoms with Crippen LogP contribution in [0.15, 0.2) is 60.9 Å². The summed E-state index contributed by atoms with van der Waals surface area (Å²) >= 11 is 6.80. The summed E-state index contributed by atoms with van der Waals surface area (Å²) in [6.45, 7) is 6.00. The van der Waals surface area contributed by atoms with Crippen molar-refractivity contribution in [3.8, 4) is 28.0 Å². The van der Waals surface area contributed by atoms with E-state index in [1.54, 1.807) is 0 Å². The van der Waals surface area contributed by atoms with E-state index in [4.69, 9.17) is 21.3 Å². The van der Waals surface area contributed by atoms with E-state index < -0.39 is 0 Å². The van der Waals surface area contributed by atoms with Crippen LogP contribution >= 0.6 is 11.6 Å². The predicted octanol–water partition coefficient (Wildman–Crippen LogP) is 7.63. The second kappa shape index (κ2) is 10.2. The molecule has 6 rings (SSSR count). The molecule has 1 atom stereocenters. The maximum absolute atomic E-state index is 6.80. The van der Waals surface area contributed by atoms with Gasteiger partial charge >= 0.3 is 0 Å². The topological polar surface area (TPSA) is 62.8 Å². The van der Waals surface area contributed by atoms with Crippen LogP contribution < -0.4 is 10.1 Å². The molecule has 0 saturated carbocycles. The molecule has 0 spiro atoms. The van der Waals surface area contributed by atoms with E-state index in [1.165, 1.54) is 30.4 Å². The van der Waals surface area contributed by atoms with Crippen LogP contribution in [0.2, 0.25) is 5.02 Å². The first-order valence-electron chi connectivity index (χ1n) is 13.1. The van der Waals surface area contributed by atoms with Crippen molar-refractivity contribution >= 4 is 33.4 Å². The quantitative estimate of drug-likeness (QED) is 0.246. The Labute approximate surface area is 222 Å². The molecule has 5 nitrogen and oxygen atoms in total. The fraction of sp³-hybridized carbons (Fsp3) is 0.290. The minimum Gasteiger partial charge on any atom is -0.492 e. The van der Waals surface area contributed by atoms with Gasteiger partial charge in [-0.25, -0.2) is 0 Å². The Kier molecular flexibility index (Phi) is 6.58. The number of hydrogen-bond donors (Lipinski definition) is 2. The molecule has 1 fully saturated rings. The minimum atomic E-state index is 0.512. The van der Waals surface area contributed by atoms with Gasteiger partial charge in [-0.1, -0.05) is 59.5 Å². The Morgan fingerprint density at radius 2 is 1.81 bits per heavy atom. The second-order valence-corrected chi connectivity index (χ2v) is 10.6. The monoisotopic (exact) mass is 510 g/mol. The average Bonchev–Trinajstić information content (AvgIpc) is 3.36. The molecule has 2 aromatic heterocycles. The molecule has 0 amide bonds. The van der Waals surface area contributed by atoms with Gasteiger partial charge in [-0.3, -0.25) is 10.1 Å². The maximum atomic E-state index is 6.80. The van der Waals surface area contributed by atoms with E-state index in [-0.39, 0.29) is 0 Å². The third-order valence-corrected chi connectivity index (χ3v) is 7.63. The number of benzene rings is 3. The van der Waals surface area contributed by atoms with Crippen molar-refractivity contribution in [2.24, 2.45) is 0 Å². The van der Waals surface area contributed by atoms with Crippen LogP contribution in [-0.4, -0.2) is 34.4 Å². The molecule has 5 aromatic rings. The number of pyridine rings is 1. The molecule has 1 unspecified atom stereocenters. The number of nitrogens with one attached hydrogen (secondary N) is 2. The van der Waals surface area contributed by atoms with E-state index in [2.05, 4.69) is 71.8 Å². The van der Waals surface area contributed by atoms with Gasteiger partial charge in [-0.2, -0.15) is 5.10 Å². The molecule has 1 aliphatic heterocycles. The lowest BCUT2D eigenvalue weighted by atomic mass is 9.97. The number of H-pyrrole nitrogens is 1. The van der Waals surface area contributed by atoms with Crippen LogP contribution in [0.1, 0.15) is 36.8 Å². The number of halogens is 1. The summed E-state index contributed by atoms with van der Waals surface area (Å²) in [6, 6.07) is 17.4. The van der Waals surface area contributed by atoms with E-state index in [9.17, 15) is 0 Å². The number of aromatic amines is 1. The zero-order valence-electron chi connectivity index (χ0n) is 21.3. The van der Waals surface area contributed by atoms with Crippen LogP contribution in [-0.2, 0) is 0 Å². The number of aromatic nitrogens is 3. The molecule has 1 aliphatic rings. The first-order valence-corrected chi connectivity index (χ1v) is 13.4. The van der Waals surface area contributed by atoms with Crippen molar-refractivity contribution in [3.05, 3.63) is 77.1 Å². The third-order valence-electron chi connectivity index (χ3n) is 7.32. The molecular formula is C31H31ClN4O. The molecule has 0 aliphatic carbocycles. The fourth-order valence-corrected chi connectivity index (χ4v) is 5.75. The van der Waals surface area contributed by atoms with Crippen molar-refractivity contribution in [2.45, 2.75) is 45.6 Å². The standard InChI is InChI=1S/C31H31ClN4O/c1-19-11-20(2)13-23(12-19)27-18-34-30-16-28(32)25(21-6-7-22-17-35-36-29(22)14-21)15-26(30)31(27)37-10-8-24-5-3-4-9-33-24/h6-7,11-18,24,33H,3-5,8-10H2,1-2H3,(H,35,36). The van der Waals surface area contributed by atoms with Crippen molar-refractivity contribution in [1.82, 2.24) is 20.5 Å². The highest BCUT2D eigenvalue weighted by atomic mass is 35.5. The number of hydrogen-bond acceptors (Lipinski definition) is 4. The van der Waals surface area contributed by atoms with Gasteiger partial charge in [0.25, 0.3) is 0 Å². The summed E-state index contributed by atoms with van der Waals surface area (Å²) in [5.41, 5.74) is 8.35. The van der Waals surface area contributed by atoms with Crippen LogP contribution in [0, 0.1) is 13.8 Å². The molecular weight excluding hydrogens is 480 g/mol. The first kappa shape index (κ1) is 24.0. The Morgan fingerprint density at radius 3 is 2.62 bits per heavy atom. The zero-order chi connectivity index (χ0) is 25.4. The second-order valence-electron chi connectivity index (χ2n) is 10.2. The molecule has 6 heteroatoms. The molecule has 2 N–H and O–H groups in total. The molecule has 0 radical (unpaired) electrons. The Balaban J connectivity index is 1.46. The summed E-state index contributed by atoms with van der Waals surface area (Å²) in [4.78, 5) is 4.82. The van der Waals surface area contributed by atoms with E-state index in [0.717, 1.165) is 62.8 Å². The van der Waals surface area contributed by atoms with Crippen molar-refractivity contribution in [3.63, 3.8) is 0 Å². The SMILES string of the molecule is Cc1cc(C)cc(-c2cnc3cc(Cl)c(-c4ccc5cn[nH]c5c4)cc3c2OCCC2CCCCN2)c1. The number of fused-ring (bicyclic) bond motifs is 2. The molecule has 188 valence electrons. The van der Waals surface area contributed by atoms with Gasteiger partial charge < -0.3 is 10.1 Å². The maximum Gasteiger partial charge on any atom is 0.138 e. The van der Waals surface area contributed by atoms with Gasteiger partial charge in [-0.05, 0) is 69.0 Å². The van der Waals surface area contributed by atoms with Crippen LogP contribution in [0.25, 0.3) is 44.1 Å². The summed E-state index contributed by atoms with van der Waals surface area (Å²) in [6.07, 6.45) is 8.49. The van der Waals surface area contributed by atoms with Crippen molar-refractivity contribution in [1.29, 1.82) is 0 Å². The smallest absolute Gasteiger partial charge is 0.138 e. The van der Waals surface area contributed by atoms with Crippen molar-refractivity contribution in [2.75, 3.05) is 13.2 Å². The largest absolute Gasteiger partial charge is 0.492 e. The molecule has 3 heterocycles. The molecule has 1 saturated heterocycles. The lowest BCUT2D eigenvalue weighted by molar-refractivity contribution is 0.271. The molecule has 37 heavy (non-hydrogen) atoms. The summed E-state index contributed by atoms with van der Waals surface area (Å²) in [5.74, 6) is 0.867. The fourth-order valence-electron chi connectivity index (χ4n) is 5.48. The number of aryl methyl sites for hydroxylation is 2. The number of ether oxygens (including phenoxy) is 1.